The number of nitrogens with zero attached hydrogens (tertiary/aromatic N) is 4. The van der Waals surface area contributed by atoms with Gasteiger partial charge in [0.1, 0.15) is 0 Å². The van der Waals surface area contributed by atoms with Crippen LogP contribution in [0.2, 0.25) is 5.02 Å². The number of carboxylic acids is 1. The van der Waals surface area contributed by atoms with Gasteiger partial charge in [-0.3, -0.25) is 9.78 Å². The molecule has 9 heteroatoms. The first-order valence-corrected chi connectivity index (χ1v) is 5.97. The lowest BCUT2D eigenvalue weighted by atomic mass is 10.2. The Kier molecular flexibility index (Phi) is 4.26. The zero-order valence-corrected chi connectivity index (χ0v) is 10.9. The summed E-state index contributed by atoms with van der Waals surface area (Å²) in [5.41, 5.74) is 0.181. The summed E-state index contributed by atoms with van der Waals surface area (Å²) in [6.07, 6.45) is 4.14. The molecule has 2 N–H and O–H groups in total. The number of carboxylic acid groups (broad SMARTS) is 1. The first kappa shape index (κ1) is 13.9. The fourth-order valence-electron chi connectivity index (χ4n) is 1.44. The van der Waals surface area contributed by atoms with E-state index in [2.05, 4.69) is 20.6 Å². The molecule has 0 aromatic carbocycles. The number of pyridine rings is 1. The summed E-state index contributed by atoms with van der Waals surface area (Å²) in [5, 5.41) is 18.7. The third-order valence-electron chi connectivity index (χ3n) is 2.40. The van der Waals surface area contributed by atoms with Crippen LogP contribution in [0.4, 0.5) is 0 Å². The van der Waals surface area contributed by atoms with Crippen molar-refractivity contribution in [3.8, 4) is 0 Å². The van der Waals surface area contributed by atoms with Crippen LogP contribution in [-0.4, -0.2) is 43.5 Å². The highest BCUT2D eigenvalue weighted by atomic mass is 35.5. The minimum absolute atomic E-state index is 0.145. The van der Waals surface area contributed by atoms with E-state index < -0.39 is 5.97 Å². The van der Waals surface area contributed by atoms with Crippen molar-refractivity contribution in [3.05, 3.63) is 40.9 Å². The summed E-state index contributed by atoms with van der Waals surface area (Å²) < 4.78 is 1.33. The largest absolute Gasteiger partial charge is 0.476 e. The molecule has 2 heterocycles. The molecule has 20 heavy (non-hydrogen) atoms. The number of halogens is 1. The van der Waals surface area contributed by atoms with Crippen molar-refractivity contribution in [1.82, 2.24) is 25.3 Å². The summed E-state index contributed by atoms with van der Waals surface area (Å²) in [6, 6.07) is 1.51. The molecule has 0 unspecified atom stereocenters. The summed E-state index contributed by atoms with van der Waals surface area (Å²) in [5.74, 6) is -1.49. The monoisotopic (exact) mass is 295 g/mol. The third kappa shape index (κ3) is 3.29. The van der Waals surface area contributed by atoms with Gasteiger partial charge in [0, 0.05) is 18.9 Å². The quantitative estimate of drug-likeness (QED) is 0.829. The Balaban J connectivity index is 1.88. The van der Waals surface area contributed by atoms with Gasteiger partial charge in [0.15, 0.2) is 5.69 Å². The van der Waals surface area contributed by atoms with E-state index in [9.17, 15) is 9.59 Å². The van der Waals surface area contributed by atoms with Gasteiger partial charge in [-0.2, -0.15) is 0 Å². The van der Waals surface area contributed by atoms with E-state index in [0.29, 0.717) is 12.1 Å². The minimum Gasteiger partial charge on any atom is -0.476 e. The predicted octanol–water partition coefficient (Wildman–Crippen LogP) is 0.455. The molecule has 2 rings (SSSR count). The molecule has 0 bridgehead atoms. The Labute approximate surface area is 118 Å². The maximum Gasteiger partial charge on any atom is 0.358 e. The summed E-state index contributed by atoms with van der Waals surface area (Å²) >= 11 is 5.84. The molecule has 0 atom stereocenters. The van der Waals surface area contributed by atoms with E-state index in [4.69, 9.17) is 16.7 Å². The standard InChI is InChI=1S/C11H10ClN5O3/c12-8-5-13-2-1-7(8)10(18)14-3-4-17-6-9(11(19)20)15-16-17/h1-2,5-6H,3-4H2,(H,14,18)(H,19,20). The summed E-state index contributed by atoms with van der Waals surface area (Å²) in [6.45, 7) is 0.564. The van der Waals surface area contributed by atoms with Crippen LogP contribution in [0.25, 0.3) is 0 Å². The third-order valence-corrected chi connectivity index (χ3v) is 2.70. The Morgan fingerprint density at radius 3 is 2.90 bits per heavy atom. The van der Waals surface area contributed by atoms with Crippen molar-refractivity contribution >= 4 is 23.5 Å². The molecule has 0 aliphatic rings. The van der Waals surface area contributed by atoms with Crippen LogP contribution in [0, 0.1) is 0 Å². The fourth-order valence-corrected chi connectivity index (χ4v) is 1.65. The molecular weight excluding hydrogens is 286 g/mol. The molecule has 8 nitrogen and oxygen atoms in total. The molecule has 0 saturated heterocycles. The number of aromatic nitrogens is 4. The predicted molar refractivity (Wildman–Crippen MR) is 68.6 cm³/mol. The van der Waals surface area contributed by atoms with Gasteiger partial charge < -0.3 is 10.4 Å². The lowest BCUT2D eigenvalue weighted by Gasteiger charge is -2.05. The second-order valence-electron chi connectivity index (χ2n) is 3.78. The number of nitrogens with one attached hydrogen (secondary N) is 1. The van der Waals surface area contributed by atoms with E-state index >= 15 is 0 Å². The van der Waals surface area contributed by atoms with Gasteiger partial charge in [-0.05, 0) is 6.07 Å². The first-order valence-electron chi connectivity index (χ1n) is 5.59. The number of hydrogen-bond donors (Lipinski definition) is 2. The van der Waals surface area contributed by atoms with Crippen molar-refractivity contribution in [2.45, 2.75) is 6.54 Å². The van der Waals surface area contributed by atoms with Crippen LogP contribution in [0.5, 0.6) is 0 Å². The Morgan fingerprint density at radius 1 is 1.45 bits per heavy atom. The lowest BCUT2D eigenvalue weighted by Crippen LogP contribution is -2.27. The smallest absolute Gasteiger partial charge is 0.358 e. The normalized spacial score (nSPS) is 10.2. The van der Waals surface area contributed by atoms with E-state index in [1.807, 2.05) is 0 Å². The molecule has 0 fully saturated rings. The molecular formula is C11H10ClN5O3. The number of hydrogen-bond acceptors (Lipinski definition) is 5. The van der Waals surface area contributed by atoms with Gasteiger partial charge in [0.2, 0.25) is 0 Å². The molecule has 104 valence electrons. The number of rotatable bonds is 5. The maximum absolute atomic E-state index is 11.8. The Morgan fingerprint density at radius 2 is 2.25 bits per heavy atom. The molecule has 0 spiro atoms. The molecule has 0 aliphatic heterocycles. The van der Waals surface area contributed by atoms with Gasteiger partial charge in [0.25, 0.3) is 5.91 Å². The molecule has 1 amide bonds. The number of carbonyl (C=O) groups excluding carboxylic acids is 1. The van der Waals surface area contributed by atoms with E-state index in [1.54, 1.807) is 0 Å². The highest BCUT2D eigenvalue weighted by molar-refractivity contribution is 6.33. The van der Waals surface area contributed by atoms with Crippen LogP contribution in [0.15, 0.2) is 24.7 Å². The van der Waals surface area contributed by atoms with Crippen molar-refractivity contribution in [2.75, 3.05) is 6.54 Å². The molecule has 2 aromatic heterocycles. The first-order chi connectivity index (χ1) is 9.58. The Bertz CT molecular complexity index is 642. The fraction of sp³-hybridized carbons (Fsp3) is 0.182. The Hall–Kier alpha value is -2.48. The second kappa shape index (κ2) is 6.11. The van der Waals surface area contributed by atoms with Crippen LogP contribution in [0.1, 0.15) is 20.8 Å². The van der Waals surface area contributed by atoms with Crippen LogP contribution >= 0.6 is 11.6 Å². The molecule has 0 aliphatic carbocycles. The van der Waals surface area contributed by atoms with Crippen molar-refractivity contribution < 1.29 is 14.7 Å². The number of aromatic carboxylic acids is 1. The average Bonchev–Trinajstić information content (AvgIpc) is 2.88. The highest BCUT2D eigenvalue weighted by Gasteiger charge is 2.10. The van der Waals surface area contributed by atoms with Crippen LogP contribution in [0.3, 0.4) is 0 Å². The van der Waals surface area contributed by atoms with Crippen LogP contribution in [-0.2, 0) is 6.54 Å². The average molecular weight is 296 g/mol. The number of carbonyl (C=O) groups is 2. The molecule has 2 aromatic rings. The summed E-state index contributed by atoms with van der Waals surface area (Å²) in [4.78, 5) is 26.2. The van der Waals surface area contributed by atoms with Crippen LogP contribution < -0.4 is 5.32 Å². The highest BCUT2D eigenvalue weighted by Crippen LogP contribution is 2.12. The van der Waals surface area contributed by atoms with Crippen molar-refractivity contribution in [2.24, 2.45) is 0 Å². The van der Waals surface area contributed by atoms with E-state index in [0.717, 1.165) is 0 Å². The maximum atomic E-state index is 11.8. The lowest BCUT2D eigenvalue weighted by molar-refractivity contribution is 0.0690. The number of amides is 1. The van der Waals surface area contributed by atoms with Crippen molar-refractivity contribution in [3.63, 3.8) is 0 Å². The molecule has 0 radical (unpaired) electrons. The topological polar surface area (TPSA) is 110 Å². The van der Waals surface area contributed by atoms with Gasteiger partial charge in [-0.1, -0.05) is 16.8 Å². The van der Waals surface area contributed by atoms with Gasteiger partial charge in [-0.15, -0.1) is 5.10 Å². The minimum atomic E-state index is -1.15. The second-order valence-corrected chi connectivity index (χ2v) is 4.19. The van der Waals surface area contributed by atoms with Gasteiger partial charge in [0.05, 0.1) is 23.3 Å². The zero-order valence-electron chi connectivity index (χ0n) is 10.2. The SMILES string of the molecule is O=C(O)c1cn(CCNC(=O)c2ccncc2Cl)nn1. The van der Waals surface area contributed by atoms with Gasteiger partial charge >= 0.3 is 5.97 Å². The van der Waals surface area contributed by atoms with E-state index in [-0.39, 0.29) is 23.2 Å². The zero-order chi connectivity index (χ0) is 14.5. The van der Waals surface area contributed by atoms with Gasteiger partial charge in [-0.25, -0.2) is 9.48 Å². The molecule has 0 saturated carbocycles. The van der Waals surface area contributed by atoms with Crippen molar-refractivity contribution in [1.29, 1.82) is 0 Å². The summed E-state index contributed by atoms with van der Waals surface area (Å²) in [7, 11) is 0. The van der Waals surface area contributed by atoms with E-state index in [1.165, 1.54) is 29.3 Å².